The molecule has 4 amide bonds. The molecular weight excluding hydrogens is 1560 g/mol. The second-order valence-corrected chi connectivity index (χ2v) is 37.9. The van der Waals surface area contributed by atoms with Crippen molar-refractivity contribution in [1.82, 2.24) is 29.2 Å². The summed E-state index contributed by atoms with van der Waals surface area (Å²) in [4.78, 5) is 125. The number of pyridine rings is 2. The first kappa shape index (κ1) is 88.4. The number of alkyl halides is 6. The topological polar surface area (TPSA) is 317 Å². The fourth-order valence-electron chi connectivity index (χ4n) is 16.9. The molecule has 4 aliphatic heterocycles. The molecular formula is C84H108F6N6O18S2. The minimum Gasteiger partial charge on any atom is -0.494 e. The Labute approximate surface area is 673 Å². The number of hydrogen-bond acceptors (Lipinski definition) is 20. The van der Waals surface area contributed by atoms with Crippen LogP contribution in [0.4, 0.5) is 26.3 Å². The van der Waals surface area contributed by atoms with Gasteiger partial charge in [-0.3, -0.25) is 47.8 Å². The minimum absolute atomic E-state index is 0.0102. The molecule has 2 N–H and O–H groups in total. The van der Waals surface area contributed by atoms with E-state index in [0.717, 1.165) is 38.5 Å². The number of carbonyl (C=O) groups is 8. The van der Waals surface area contributed by atoms with Gasteiger partial charge < -0.3 is 38.2 Å². The average molecular weight is 1670 g/mol. The number of amides is 4. The van der Waals surface area contributed by atoms with Crippen molar-refractivity contribution in [1.29, 1.82) is 0 Å². The average Bonchev–Trinajstić information content (AvgIpc) is 1.57. The molecule has 32 heteroatoms. The largest absolute Gasteiger partial charge is 0.494 e. The number of rotatable bonds is 22. The van der Waals surface area contributed by atoms with Gasteiger partial charge in [0.05, 0.1) is 84.4 Å². The summed E-state index contributed by atoms with van der Waals surface area (Å²) in [6.45, 7) is 15.1. The van der Waals surface area contributed by atoms with Gasteiger partial charge in [0, 0.05) is 48.8 Å². The molecule has 116 heavy (non-hydrogen) atoms. The molecule has 2 aromatic carbocycles. The first-order valence-electron chi connectivity index (χ1n) is 40.6. The van der Waals surface area contributed by atoms with E-state index in [1.54, 1.807) is 48.8 Å². The SMILES string of the molecule is CCOc1ccc2c(O[C@@H]3C[C@H]4C(=O)C[C@]5(C(=O)NS(=O)(=O)C6CC6)C[C@H]5/C=C\CC[C@@H](C)C[C@@H](CC)[C@H](CC(=O)OC(C)(C)C(F)(F)F)C(=O)N4C3)nccc2c1.CCOc1ccc2c(O[C@@H]3C[C@H]4C(=O)C[C@]5(C(=O)NS(=O)(=O)C6CC6)C[C@H]5/C=C\CC[C@H](C)C[C@@H](CC)[C@H](CC(=O)OC(C)(C)C(F)(F)F)C(=O)N4C3)nccc2c1. The zero-order valence-corrected chi connectivity index (χ0v) is 69.0. The lowest BCUT2D eigenvalue weighted by Crippen LogP contribution is -2.48. The molecule has 6 fully saturated rings. The van der Waals surface area contributed by atoms with Crippen LogP contribution in [0.15, 0.2) is 85.2 Å². The number of nitrogens with zero attached hydrogens (tertiary/aromatic N) is 4. The molecule has 4 aromatic rings. The van der Waals surface area contributed by atoms with Crippen molar-refractivity contribution >= 4 is 88.7 Å². The summed E-state index contributed by atoms with van der Waals surface area (Å²) in [7, 11) is -7.86. The maximum Gasteiger partial charge on any atom is 0.427 e. The molecule has 4 aliphatic carbocycles. The van der Waals surface area contributed by atoms with Crippen molar-refractivity contribution in [3.05, 3.63) is 85.2 Å². The number of benzene rings is 2. The first-order valence-corrected chi connectivity index (χ1v) is 43.7. The van der Waals surface area contributed by atoms with Crippen molar-refractivity contribution in [2.45, 2.75) is 256 Å². The van der Waals surface area contributed by atoms with Gasteiger partial charge in [-0.05, 0) is 213 Å². The van der Waals surface area contributed by atoms with Crippen molar-refractivity contribution in [3.63, 3.8) is 0 Å². The van der Waals surface area contributed by atoms with Crippen LogP contribution in [0.25, 0.3) is 21.5 Å². The zero-order valence-electron chi connectivity index (χ0n) is 67.4. The van der Waals surface area contributed by atoms with Crippen LogP contribution < -0.4 is 28.4 Å². The van der Waals surface area contributed by atoms with E-state index in [2.05, 4.69) is 19.4 Å². The van der Waals surface area contributed by atoms with Gasteiger partial charge in [-0.1, -0.05) is 64.8 Å². The highest BCUT2D eigenvalue weighted by molar-refractivity contribution is 7.91. The van der Waals surface area contributed by atoms with Crippen LogP contribution in [0.1, 0.15) is 198 Å². The lowest BCUT2D eigenvalue weighted by Gasteiger charge is -2.34. The maximum atomic E-state index is 15.0. The third-order valence-electron chi connectivity index (χ3n) is 24.5. The summed E-state index contributed by atoms with van der Waals surface area (Å²) in [6, 6.07) is 12.1. The lowest BCUT2D eigenvalue weighted by molar-refractivity contribution is -0.257. The third-order valence-corrected chi connectivity index (χ3v) is 28.1. The highest BCUT2D eigenvalue weighted by Crippen LogP contribution is 2.59. The van der Waals surface area contributed by atoms with Gasteiger partial charge in [0.15, 0.2) is 11.6 Å². The second-order valence-electron chi connectivity index (χ2n) is 34.0. The number of fused-ring (bicyclic) bond motifs is 6. The van der Waals surface area contributed by atoms with Crippen molar-refractivity contribution in [2.75, 3.05) is 26.3 Å². The standard InChI is InChI=1S/2C42H54F3N3O9S/c2*1-6-26-18-25(3)10-8-9-11-28-22-41(28,39(52)47-58(53,54)31-13-14-31)23-35(49)34-20-30(56-37-32-15-12-29(55-7-2)19-27(32)16-17-46-37)24-48(34)38(51)33(26)21-36(50)57-40(4,5)42(43,44)45/h2*9,11-12,15-17,19,25-26,28,30-31,33-34H,6-8,10,13-14,18,20-24H2,1-5H3,(H,47,52)/b2*11-9-/t25-,26+,28+,30+,33-,34-,41+;25-,26-,28-,30-,33+,34+,41-/m01/s1. The van der Waals surface area contributed by atoms with Crippen LogP contribution in [0, 0.1) is 58.2 Å². The van der Waals surface area contributed by atoms with Gasteiger partial charge >= 0.3 is 24.3 Å². The van der Waals surface area contributed by atoms with E-state index >= 15 is 0 Å². The number of nitrogens with one attached hydrogen (secondary N) is 2. The molecule has 12 rings (SSSR count). The van der Waals surface area contributed by atoms with Crippen LogP contribution in [0.2, 0.25) is 0 Å². The number of Topliss-reactive ketones (excluding diaryl/α,β-unsaturated/α-hetero) is 2. The van der Waals surface area contributed by atoms with E-state index < -0.39 is 185 Å². The van der Waals surface area contributed by atoms with Gasteiger partial charge in [-0.15, -0.1) is 0 Å². The van der Waals surface area contributed by atoms with Gasteiger partial charge in [0.25, 0.3) is 0 Å². The smallest absolute Gasteiger partial charge is 0.427 e. The van der Waals surface area contributed by atoms with Gasteiger partial charge in [0.2, 0.25) is 66.6 Å². The number of carbonyl (C=O) groups excluding carboxylic acids is 8. The Morgan fingerprint density at radius 3 is 1.24 bits per heavy atom. The summed E-state index contributed by atoms with van der Waals surface area (Å²) in [6.07, 6.45) is 3.97. The van der Waals surface area contributed by atoms with Gasteiger partial charge in [0.1, 0.15) is 23.7 Å². The number of hydrogen-bond donors (Lipinski definition) is 2. The van der Waals surface area contributed by atoms with Crippen molar-refractivity contribution in [2.24, 2.45) is 58.2 Å². The summed E-state index contributed by atoms with van der Waals surface area (Å²) in [5.74, 6) is -8.23. The quantitative estimate of drug-likeness (QED) is 0.0419. The Bertz CT molecular complexity index is 4360. The molecule has 8 aliphatic rings. The Morgan fingerprint density at radius 1 is 0.534 bits per heavy atom. The molecule has 2 saturated heterocycles. The Kier molecular flexibility index (Phi) is 26.9. The maximum absolute atomic E-state index is 15.0. The second kappa shape index (κ2) is 35.3. The van der Waals surface area contributed by atoms with Gasteiger partial charge in [-0.25, -0.2) is 26.8 Å². The molecule has 0 spiro atoms. The van der Waals surface area contributed by atoms with Crippen LogP contribution in [-0.2, 0) is 67.9 Å². The van der Waals surface area contributed by atoms with E-state index in [0.29, 0.717) is 113 Å². The van der Waals surface area contributed by atoms with Crippen molar-refractivity contribution in [3.8, 4) is 23.3 Å². The number of sulfonamides is 2. The summed E-state index contributed by atoms with van der Waals surface area (Å²) in [5, 5.41) is 1.54. The lowest BCUT2D eigenvalue weighted by atomic mass is 9.79. The number of esters is 2. The molecule has 0 unspecified atom stereocenters. The van der Waals surface area contributed by atoms with E-state index in [9.17, 15) is 81.5 Å². The molecule has 2 aromatic heterocycles. The van der Waals surface area contributed by atoms with E-state index in [-0.39, 0.29) is 75.2 Å². The summed E-state index contributed by atoms with van der Waals surface area (Å²) < 4.78 is 173. The molecule has 6 heterocycles. The number of ether oxygens (including phenoxy) is 6. The number of halogens is 6. The normalized spacial score (nSPS) is 29.1. The summed E-state index contributed by atoms with van der Waals surface area (Å²) >= 11 is 0. The fraction of sp³-hybridized carbons (Fsp3) is 0.643. The Balaban J connectivity index is 0.000000228. The highest BCUT2D eigenvalue weighted by atomic mass is 32.2. The summed E-state index contributed by atoms with van der Waals surface area (Å²) in [5.41, 5.74) is -8.33. The minimum atomic E-state index is -4.86. The fourth-order valence-corrected chi connectivity index (χ4v) is 19.7. The van der Waals surface area contributed by atoms with Crippen LogP contribution in [0.5, 0.6) is 23.3 Å². The number of aromatic nitrogens is 2. The van der Waals surface area contributed by atoms with Crippen LogP contribution >= 0.6 is 0 Å². The monoisotopic (exact) mass is 1670 g/mol. The molecule has 4 saturated carbocycles. The number of ketones is 2. The molecule has 0 bridgehead atoms. The molecule has 636 valence electrons. The van der Waals surface area contributed by atoms with E-state index in [1.807, 2.05) is 78.0 Å². The molecule has 0 radical (unpaired) electrons. The van der Waals surface area contributed by atoms with Crippen LogP contribution in [0.3, 0.4) is 0 Å². The number of allylic oxidation sites excluding steroid dienone is 4. The van der Waals surface area contributed by atoms with E-state index in [1.165, 1.54) is 9.80 Å². The van der Waals surface area contributed by atoms with Crippen LogP contribution in [-0.4, -0.2) is 168 Å². The van der Waals surface area contributed by atoms with Crippen molar-refractivity contribution < 1.29 is 110 Å². The van der Waals surface area contributed by atoms with Gasteiger partial charge in [-0.2, -0.15) is 26.3 Å². The highest BCUT2D eigenvalue weighted by Gasteiger charge is 2.64. The molecule has 14 atom stereocenters. The predicted molar refractivity (Wildman–Crippen MR) is 416 cm³/mol. The third kappa shape index (κ3) is 20.5. The first-order chi connectivity index (χ1) is 54.6. The molecule has 24 nitrogen and oxygen atoms in total. The van der Waals surface area contributed by atoms with E-state index in [4.69, 9.17) is 28.4 Å². The zero-order chi connectivity index (χ0) is 84.4. The Morgan fingerprint density at radius 2 is 0.905 bits per heavy atom. The Hall–Kier alpha value is -8.42. The predicted octanol–water partition coefficient (Wildman–Crippen LogP) is 13.7.